The fourth-order valence-electron chi connectivity index (χ4n) is 2.44. The van der Waals surface area contributed by atoms with Gasteiger partial charge in [0.1, 0.15) is 17.1 Å². The van der Waals surface area contributed by atoms with Crippen LogP contribution in [-0.4, -0.2) is 19.6 Å². The Morgan fingerprint density at radius 1 is 1.15 bits per heavy atom. The Morgan fingerprint density at radius 2 is 1.90 bits per heavy atom. The molecule has 0 spiro atoms. The van der Waals surface area contributed by atoms with Gasteiger partial charge in [-0.25, -0.2) is 9.97 Å². The second-order valence-corrected chi connectivity index (χ2v) is 5.18. The minimum Gasteiger partial charge on any atom is -0.508 e. The molecule has 3 rings (SSSR count). The minimum atomic E-state index is 0.285. The number of hydrogen-bond acceptors (Lipinski definition) is 3. The fraction of sp³-hybridized carbons (Fsp3) is 0.250. The first kappa shape index (κ1) is 12.7. The van der Waals surface area contributed by atoms with Gasteiger partial charge in [-0.3, -0.25) is 0 Å². The van der Waals surface area contributed by atoms with Crippen molar-refractivity contribution >= 4 is 11.2 Å². The van der Waals surface area contributed by atoms with E-state index in [9.17, 15) is 5.11 Å². The molecule has 0 atom stereocenters. The number of benzene rings is 1. The molecule has 3 aromatic rings. The second-order valence-electron chi connectivity index (χ2n) is 5.18. The van der Waals surface area contributed by atoms with Gasteiger partial charge in [0.05, 0.1) is 0 Å². The minimum absolute atomic E-state index is 0.285. The quantitative estimate of drug-likeness (QED) is 0.792. The molecule has 0 unspecified atom stereocenters. The van der Waals surface area contributed by atoms with Gasteiger partial charge < -0.3 is 9.67 Å². The van der Waals surface area contributed by atoms with E-state index in [4.69, 9.17) is 0 Å². The SMILES string of the molecule is CC(C)n1c(Cc2ccc(O)cc2)nc2cccnc21. The number of nitrogens with zero attached hydrogens (tertiary/aromatic N) is 3. The van der Waals surface area contributed by atoms with Gasteiger partial charge >= 0.3 is 0 Å². The zero-order valence-electron chi connectivity index (χ0n) is 11.6. The maximum absolute atomic E-state index is 9.35. The third kappa shape index (κ3) is 2.25. The molecule has 102 valence electrons. The highest BCUT2D eigenvalue weighted by Crippen LogP contribution is 2.21. The van der Waals surface area contributed by atoms with Crippen molar-refractivity contribution in [3.8, 4) is 5.75 Å². The van der Waals surface area contributed by atoms with E-state index in [2.05, 4.69) is 28.4 Å². The molecule has 2 aromatic heterocycles. The highest BCUT2D eigenvalue weighted by atomic mass is 16.3. The summed E-state index contributed by atoms with van der Waals surface area (Å²) in [7, 11) is 0. The molecule has 0 saturated heterocycles. The van der Waals surface area contributed by atoms with Crippen LogP contribution in [0.1, 0.15) is 31.3 Å². The van der Waals surface area contributed by atoms with E-state index >= 15 is 0 Å². The first-order valence-corrected chi connectivity index (χ1v) is 6.75. The molecule has 0 aliphatic heterocycles. The number of aromatic hydroxyl groups is 1. The molecule has 2 heterocycles. The molecule has 1 aromatic carbocycles. The molecule has 0 saturated carbocycles. The highest BCUT2D eigenvalue weighted by Gasteiger charge is 2.14. The number of pyridine rings is 1. The number of aromatic nitrogens is 3. The molecule has 0 aliphatic rings. The Hall–Kier alpha value is -2.36. The van der Waals surface area contributed by atoms with Crippen molar-refractivity contribution in [2.75, 3.05) is 0 Å². The van der Waals surface area contributed by atoms with Gasteiger partial charge in [-0.05, 0) is 43.7 Å². The molecule has 0 aliphatic carbocycles. The first-order chi connectivity index (χ1) is 9.65. The predicted octanol–water partition coefficient (Wildman–Crippen LogP) is 3.31. The van der Waals surface area contributed by atoms with E-state index in [1.165, 1.54) is 0 Å². The summed E-state index contributed by atoms with van der Waals surface area (Å²) in [4.78, 5) is 9.13. The summed E-state index contributed by atoms with van der Waals surface area (Å²) in [6.07, 6.45) is 2.53. The summed E-state index contributed by atoms with van der Waals surface area (Å²) < 4.78 is 2.17. The Balaban J connectivity index is 2.06. The Bertz CT molecular complexity index is 729. The van der Waals surface area contributed by atoms with E-state index in [0.717, 1.165) is 29.0 Å². The van der Waals surface area contributed by atoms with Crippen molar-refractivity contribution in [1.82, 2.24) is 14.5 Å². The highest BCUT2D eigenvalue weighted by molar-refractivity contribution is 5.71. The average molecular weight is 267 g/mol. The van der Waals surface area contributed by atoms with Gasteiger partial charge in [-0.1, -0.05) is 12.1 Å². The van der Waals surface area contributed by atoms with Crippen LogP contribution >= 0.6 is 0 Å². The van der Waals surface area contributed by atoms with Crippen LogP contribution in [0.25, 0.3) is 11.2 Å². The van der Waals surface area contributed by atoms with Gasteiger partial charge in [0.15, 0.2) is 5.65 Å². The number of rotatable bonds is 3. The van der Waals surface area contributed by atoms with Crippen LogP contribution in [0.5, 0.6) is 5.75 Å². The molecule has 4 heteroatoms. The van der Waals surface area contributed by atoms with Crippen LogP contribution in [0.3, 0.4) is 0 Å². The Labute approximate surface area is 117 Å². The number of imidazole rings is 1. The van der Waals surface area contributed by atoms with Crippen LogP contribution in [0.2, 0.25) is 0 Å². The third-order valence-corrected chi connectivity index (χ3v) is 3.34. The van der Waals surface area contributed by atoms with Crippen LogP contribution in [-0.2, 0) is 6.42 Å². The van der Waals surface area contributed by atoms with Crippen molar-refractivity contribution in [2.24, 2.45) is 0 Å². The normalized spacial score (nSPS) is 11.3. The molecule has 1 N–H and O–H groups in total. The lowest BCUT2D eigenvalue weighted by atomic mass is 10.1. The van der Waals surface area contributed by atoms with Crippen molar-refractivity contribution in [3.63, 3.8) is 0 Å². The number of phenols is 1. The fourth-order valence-corrected chi connectivity index (χ4v) is 2.44. The molecule has 0 fully saturated rings. The summed E-state index contributed by atoms with van der Waals surface area (Å²) in [6, 6.07) is 11.5. The summed E-state index contributed by atoms with van der Waals surface area (Å²) in [5.74, 6) is 1.28. The smallest absolute Gasteiger partial charge is 0.160 e. The van der Waals surface area contributed by atoms with Crippen molar-refractivity contribution in [3.05, 3.63) is 54.0 Å². The van der Waals surface area contributed by atoms with E-state index in [1.54, 1.807) is 18.3 Å². The molecule has 0 amide bonds. The summed E-state index contributed by atoms with van der Waals surface area (Å²) >= 11 is 0. The van der Waals surface area contributed by atoms with Crippen LogP contribution < -0.4 is 0 Å². The molecular formula is C16H17N3O. The summed E-state index contributed by atoms with van der Waals surface area (Å²) in [5, 5.41) is 9.35. The van der Waals surface area contributed by atoms with Gasteiger partial charge in [0.2, 0.25) is 0 Å². The molecular weight excluding hydrogens is 250 g/mol. The number of phenolic OH excluding ortho intramolecular Hbond substituents is 1. The monoisotopic (exact) mass is 267 g/mol. The lowest BCUT2D eigenvalue weighted by molar-refractivity contribution is 0.475. The zero-order valence-corrected chi connectivity index (χ0v) is 11.6. The van der Waals surface area contributed by atoms with Crippen LogP contribution in [0, 0.1) is 0 Å². The van der Waals surface area contributed by atoms with Crippen molar-refractivity contribution < 1.29 is 5.11 Å². The molecule has 20 heavy (non-hydrogen) atoms. The van der Waals surface area contributed by atoms with Gasteiger partial charge in [-0.15, -0.1) is 0 Å². The molecule has 4 nitrogen and oxygen atoms in total. The largest absolute Gasteiger partial charge is 0.508 e. The average Bonchev–Trinajstić information content (AvgIpc) is 2.79. The molecule has 0 bridgehead atoms. The van der Waals surface area contributed by atoms with Crippen molar-refractivity contribution in [1.29, 1.82) is 0 Å². The maximum Gasteiger partial charge on any atom is 0.160 e. The van der Waals surface area contributed by atoms with E-state index in [0.29, 0.717) is 6.04 Å². The van der Waals surface area contributed by atoms with Crippen molar-refractivity contribution in [2.45, 2.75) is 26.3 Å². The number of hydrogen-bond donors (Lipinski definition) is 1. The molecule has 0 radical (unpaired) electrons. The van der Waals surface area contributed by atoms with Crippen LogP contribution in [0.4, 0.5) is 0 Å². The Morgan fingerprint density at radius 3 is 2.60 bits per heavy atom. The summed E-state index contributed by atoms with van der Waals surface area (Å²) in [5.41, 5.74) is 2.98. The van der Waals surface area contributed by atoms with Gasteiger partial charge in [0.25, 0.3) is 0 Å². The van der Waals surface area contributed by atoms with Gasteiger partial charge in [0, 0.05) is 18.7 Å². The van der Waals surface area contributed by atoms with Crippen LogP contribution in [0.15, 0.2) is 42.6 Å². The number of fused-ring (bicyclic) bond motifs is 1. The standard InChI is InChI=1S/C16H17N3O/c1-11(2)19-15(10-12-5-7-13(20)8-6-12)18-14-4-3-9-17-16(14)19/h3-9,11,20H,10H2,1-2H3. The third-order valence-electron chi connectivity index (χ3n) is 3.34. The van der Waals surface area contributed by atoms with Gasteiger partial charge in [-0.2, -0.15) is 0 Å². The predicted molar refractivity (Wildman–Crippen MR) is 78.8 cm³/mol. The lowest BCUT2D eigenvalue weighted by Crippen LogP contribution is -2.07. The van der Waals surface area contributed by atoms with E-state index in [1.807, 2.05) is 24.3 Å². The first-order valence-electron chi connectivity index (χ1n) is 6.75. The van der Waals surface area contributed by atoms with E-state index < -0.39 is 0 Å². The summed E-state index contributed by atoms with van der Waals surface area (Å²) in [6.45, 7) is 4.27. The van der Waals surface area contributed by atoms with E-state index in [-0.39, 0.29) is 5.75 Å². The second kappa shape index (κ2) is 4.96. The Kier molecular flexibility index (Phi) is 3.14. The maximum atomic E-state index is 9.35. The zero-order chi connectivity index (χ0) is 14.1. The topological polar surface area (TPSA) is 50.9 Å². The lowest BCUT2D eigenvalue weighted by Gasteiger charge is -2.12.